The van der Waals surface area contributed by atoms with Crippen molar-refractivity contribution < 1.29 is 33.9 Å². The number of fused-ring (bicyclic) bond motifs is 6. The molecule has 0 radical (unpaired) electrons. The largest absolute Gasteiger partial charge is 0.468 e. The van der Waals surface area contributed by atoms with Gasteiger partial charge in [0.2, 0.25) is 5.91 Å². The lowest BCUT2D eigenvalue weighted by Gasteiger charge is -2.23. The van der Waals surface area contributed by atoms with Crippen LogP contribution in [0.1, 0.15) is 112 Å². The van der Waals surface area contributed by atoms with Crippen LogP contribution in [0.15, 0.2) is 63.9 Å². The predicted octanol–water partition coefficient (Wildman–Crippen LogP) is 6.73. The Kier molecular flexibility index (Phi) is 12.1. The van der Waals surface area contributed by atoms with Gasteiger partial charge in [0.15, 0.2) is 0 Å². The molecule has 0 saturated carbocycles. The zero-order valence-corrected chi connectivity index (χ0v) is 33.5. The number of nitrogens with zero attached hydrogens (tertiary/aromatic N) is 2. The van der Waals surface area contributed by atoms with E-state index in [9.17, 15) is 19.2 Å². The fraction of sp³-hybridized carbons (Fsp3) is 0.364. The van der Waals surface area contributed by atoms with E-state index in [4.69, 9.17) is 24.7 Å². The van der Waals surface area contributed by atoms with Crippen LogP contribution in [0, 0.1) is 25.7 Å². The molecule has 6 rings (SSSR count). The van der Waals surface area contributed by atoms with Crippen molar-refractivity contribution in [1.29, 1.82) is 0 Å². The van der Waals surface area contributed by atoms with Gasteiger partial charge < -0.3 is 24.8 Å². The zero-order valence-electron chi connectivity index (χ0n) is 33.5. The van der Waals surface area contributed by atoms with Crippen molar-refractivity contribution in [2.24, 2.45) is 21.8 Å². The number of H-pyrrole nitrogens is 2. The van der Waals surface area contributed by atoms with E-state index in [0.717, 1.165) is 40.3 Å². The summed E-state index contributed by atoms with van der Waals surface area (Å²) in [7, 11) is 2.62. The summed E-state index contributed by atoms with van der Waals surface area (Å²) in [4.78, 5) is 70.3. The number of carbonyl (C=O) groups is 4. The maximum atomic E-state index is 14.1. The minimum atomic E-state index is -1.11. The number of carbonyl (C=O) groups excluding carboxylic acids is 4. The average Bonchev–Trinajstić information content (AvgIpc) is 3.89. The normalized spacial score (nSPS) is 20.2. The van der Waals surface area contributed by atoms with Crippen molar-refractivity contribution in [2.75, 3.05) is 14.2 Å². The molecule has 5 N–H and O–H groups in total. The van der Waals surface area contributed by atoms with Gasteiger partial charge in [0.05, 0.1) is 31.5 Å². The van der Waals surface area contributed by atoms with Gasteiger partial charge in [-0.3, -0.25) is 29.6 Å². The van der Waals surface area contributed by atoms with Crippen LogP contribution in [0.2, 0.25) is 0 Å². The van der Waals surface area contributed by atoms with E-state index in [2.05, 4.69) is 35.7 Å². The molecular formula is C44H50N6O7. The van der Waals surface area contributed by atoms with Crippen molar-refractivity contribution in [3.63, 3.8) is 0 Å². The highest BCUT2D eigenvalue weighted by Gasteiger charge is 2.44. The second-order valence-electron chi connectivity index (χ2n) is 14.7. The van der Waals surface area contributed by atoms with Gasteiger partial charge in [-0.2, -0.15) is 0 Å². The number of hydroxylamine groups is 1. The molecule has 13 nitrogen and oxygen atoms in total. The number of ether oxygens (including phenoxy) is 2. The first kappa shape index (κ1) is 40.6. The van der Waals surface area contributed by atoms with Crippen molar-refractivity contribution in [2.45, 2.75) is 78.7 Å². The second-order valence-corrected chi connectivity index (χ2v) is 14.7. The molecule has 0 spiro atoms. The number of esters is 2. The van der Waals surface area contributed by atoms with Crippen LogP contribution in [-0.4, -0.2) is 70.6 Å². The van der Waals surface area contributed by atoms with Crippen LogP contribution >= 0.6 is 0 Å². The molecule has 0 fully saturated rings. The first-order valence-corrected chi connectivity index (χ1v) is 19.1. The first-order chi connectivity index (χ1) is 27.3. The Morgan fingerprint density at radius 1 is 1.07 bits per heavy atom. The molecule has 5 heterocycles. The van der Waals surface area contributed by atoms with Crippen LogP contribution in [0.3, 0.4) is 0 Å². The molecule has 0 aliphatic carbocycles. The summed E-state index contributed by atoms with van der Waals surface area (Å²) >= 11 is 0. The van der Waals surface area contributed by atoms with Crippen molar-refractivity contribution >= 4 is 53.4 Å². The SMILES string of the molecule is C=Cc1c2[nH]c(c1C)C=C1N=C(C(C(=O)OC)c3[nH]c(c(C)c3C(=O)OC)CC3=NC(C2)C(C)=C3CC)[C@@H](CCC(=O)N/C=C/c2cccc(C(=O)NO)c2)[C@@H]1C. The summed E-state index contributed by atoms with van der Waals surface area (Å²) in [5.74, 6) is -3.86. The lowest BCUT2D eigenvalue weighted by atomic mass is 9.80. The lowest BCUT2D eigenvalue weighted by Crippen LogP contribution is -2.31. The molecule has 57 heavy (non-hydrogen) atoms. The van der Waals surface area contributed by atoms with E-state index in [1.54, 1.807) is 35.8 Å². The van der Waals surface area contributed by atoms with Gasteiger partial charge in [-0.25, -0.2) is 10.3 Å². The van der Waals surface area contributed by atoms with Crippen LogP contribution in [0.25, 0.3) is 18.2 Å². The van der Waals surface area contributed by atoms with Crippen molar-refractivity contribution in [3.05, 3.63) is 110 Å². The number of benzene rings is 1. The fourth-order valence-corrected chi connectivity index (χ4v) is 8.42. The van der Waals surface area contributed by atoms with E-state index in [1.807, 2.05) is 32.9 Å². The summed E-state index contributed by atoms with van der Waals surface area (Å²) in [5, 5.41) is 11.8. The Balaban J connectivity index is 1.43. The number of rotatable bonds is 10. The molecule has 2 aromatic heterocycles. The highest BCUT2D eigenvalue weighted by atomic mass is 16.5. The Labute approximate surface area is 332 Å². The third-order valence-corrected chi connectivity index (χ3v) is 11.6. The number of nitrogens with one attached hydrogen (secondary N) is 4. The maximum Gasteiger partial charge on any atom is 0.340 e. The molecule has 13 heteroatoms. The van der Waals surface area contributed by atoms with Crippen molar-refractivity contribution in [3.8, 4) is 0 Å². The van der Waals surface area contributed by atoms with Crippen molar-refractivity contribution in [1.82, 2.24) is 20.8 Å². The number of hydrogen-bond donors (Lipinski definition) is 5. The van der Waals surface area contributed by atoms with Gasteiger partial charge in [0.25, 0.3) is 5.91 Å². The summed E-state index contributed by atoms with van der Waals surface area (Å²) in [6.45, 7) is 14.3. The Morgan fingerprint density at radius 2 is 1.84 bits per heavy atom. The predicted molar refractivity (Wildman–Crippen MR) is 219 cm³/mol. The Hall–Kier alpha value is -6.08. The number of methoxy groups -OCH3 is 2. The van der Waals surface area contributed by atoms with Gasteiger partial charge >= 0.3 is 11.9 Å². The van der Waals surface area contributed by atoms with Crippen LogP contribution in [-0.2, 0) is 31.9 Å². The minimum absolute atomic E-state index is 0.0870. The number of hydrogen-bond acceptors (Lipinski definition) is 9. The summed E-state index contributed by atoms with van der Waals surface area (Å²) in [6, 6.07) is 6.46. The fourth-order valence-electron chi connectivity index (χ4n) is 8.42. The third-order valence-electron chi connectivity index (χ3n) is 11.6. The number of aromatic amines is 2. The summed E-state index contributed by atoms with van der Waals surface area (Å²) in [6.07, 6.45) is 9.26. The molecular weight excluding hydrogens is 725 g/mol. The van der Waals surface area contributed by atoms with Gasteiger partial charge in [-0.05, 0) is 91.3 Å². The van der Waals surface area contributed by atoms with Crippen LogP contribution < -0.4 is 10.8 Å². The number of aliphatic imine (C=N–C) groups is 2. The smallest absolute Gasteiger partial charge is 0.340 e. The lowest BCUT2D eigenvalue weighted by molar-refractivity contribution is -0.140. The number of aromatic nitrogens is 2. The topological polar surface area (TPSA) is 187 Å². The molecule has 4 atom stereocenters. The number of allylic oxidation sites excluding steroid dienone is 2. The quantitative estimate of drug-likeness (QED) is 0.0858. The molecule has 3 aromatic rings. The second kappa shape index (κ2) is 17.0. The highest BCUT2D eigenvalue weighted by Crippen LogP contribution is 2.43. The zero-order chi connectivity index (χ0) is 41.1. The van der Waals surface area contributed by atoms with E-state index >= 15 is 0 Å². The van der Waals surface area contributed by atoms with Gasteiger partial charge in [-0.15, -0.1) is 0 Å². The van der Waals surface area contributed by atoms with Gasteiger partial charge in [0.1, 0.15) is 5.92 Å². The Bertz CT molecular complexity index is 2300. The molecule has 3 aliphatic rings. The van der Waals surface area contributed by atoms with E-state index < -0.39 is 29.7 Å². The van der Waals surface area contributed by atoms with Gasteiger partial charge in [-0.1, -0.05) is 38.6 Å². The molecule has 298 valence electrons. The highest BCUT2D eigenvalue weighted by molar-refractivity contribution is 6.12. The van der Waals surface area contributed by atoms with Crippen LogP contribution in [0.4, 0.5) is 0 Å². The van der Waals surface area contributed by atoms with E-state index in [-0.39, 0.29) is 35.4 Å². The molecule has 2 unspecified atom stereocenters. The summed E-state index contributed by atoms with van der Waals surface area (Å²) in [5.41, 5.74) is 12.9. The summed E-state index contributed by atoms with van der Waals surface area (Å²) < 4.78 is 10.7. The van der Waals surface area contributed by atoms with Gasteiger partial charge in [0, 0.05) is 77.1 Å². The molecule has 2 amide bonds. The minimum Gasteiger partial charge on any atom is -0.468 e. The van der Waals surface area contributed by atoms with Crippen LogP contribution in [0.5, 0.6) is 0 Å². The standard InChI is InChI=1S/C44H50N6O7/c1-9-28-22(3)31-19-33-24(5)30(14-15-37(51)45-17-16-26-12-11-13-27(18-26)42(52)50-55)40(48-33)39(44(54)57-8)41-38(43(53)56-7)25(6)34(49-41)21-36-29(10-2)23(4)32(47-36)20-35(28)46-31/h9,11-13,16-19,24,30,32,39,46,49,55H,1,10,14-15,20-21H2,2-8H3,(H,45,51)(H,50,52)/b17-16+,33-19?/t24-,30-,32?,39?/m0/s1. The molecule has 3 aliphatic heterocycles. The monoisotopic (exact) mass is 774 g/mol. The number of amides is 2. The molecule has 0 saturated heterocycles. The third kappa shape index (κ3) is 7.84. The first-order valence-electron chi connectivity index (χ1n) is 19.1. The molecule has 8 bridgehead atoms. The molecule has 1 aromatic carbocycles. The maximum absolute atomic E-state index is 14.1. The van der Waals surface area contributed by atoms with E-state index in [0.29, 0.717) is 47.5 Å². The average molecular weight is 775 g/mol. The Morgan fingerprint density at radius 3 is 2.53 bits per heavy atom. The van der Waals surface area contributed by atoms with E-state index in [1.165, 1.54) is 31.6 Å².